The van der Waals surface area contributed by atoms with Crippen molar-refractivity contribution in [3.8, 4) is 5.75 Å². The van der Waals surface area contributed by atoms with Crippen LogP contribution in [0.5, 0.6) is 5.75 Å². The smallest absolute Gasteiger partial charge is 0.416 e. The fourth-order valence-electron chi connectivity index (χ4n) is 2.09. The number of alkyl halides is 3. The van der Waals surface area contributed by atoms with Crippen molar-refractivity contribution < 1.29 is 17.9 Å². The normalized spacial score (nSPS) is 19.1. The molecule has 0 bridgehead atoms. The Hall–Kier alpha value is -1.39. The molecule has 1 aliphatic rings. The highest BCUT2D eigenvalue weighted by molar-refractivity contribution is 5.60. The third-order valence-electron chi connectivity index (χ3n) is 2.86. The number of hydrogen-bond acceptors (Lipinski definition) is 2. The molecular formula is C13H16F3NO. The second-order valence-electron chi connectivity index (χ2n) is 4.99. The van der Waals surface area contributed by atoms with Crippen molar-refractivity contribution in [2.24, 2.45) is 5.92 Å². The van der Waals surface area contributed by atoms with Crippen molar-refractivity contribution in [3.05, 3.63) is 23.8 Å². The van der Waals surface area contributed by atoms with E-state index >= 15 is 0 Å². The van der Waals surface area contributed by atoms with Crippen LogP contribution in [-0.2, 0) is 6.18 Å². The van der Waals surface area contributed by atoms with Gasteiger partial charge in [0.2, 0.25) is 0 Å². The Balaban J connectivity index is 2.19. The van der Waals surface area contributed by atoms with Crippen molar-refractivity contribution in [2.45, 2.75) is 32.5 Å². The molecule has 0 spiro atoms. The third-order valence-corrected chi connectivity index (χ3v) is 2.86. The zero-order valence-electron chi connectivity index (χ0n) is 10.3. The van der Waals surface area contributed by atoms with E-state index in [1.54, 1.807) is 0 Å². The van der Waals surface area contributed by atoms with E-state index in [1.807, 2.05) is 0 Å². The molecule has 0 saturated heterocycles. The Morgan fingerprint density at radius 1 is 1.39 bits per heavy atom. The molecular weight excluding hydrogens is 243 g/mol. The third kappa shape index (κ3) is 2.89. The summed E-state index contributed by atoms with van der Waals surface area (Å²) in [5, 5.41) is 3.12. The number of benzene rings is 1. The maximum absolute atomic E-state index is 12.6. The maximum atomic E-state index is 12.6. The summed E-state index contributed by atoms with van der Waals surface area (Å²) >= 11 is 0. The summed E-state index contributed by atoms with van der Waals surface area (Å²) in [6, 6.07) is 3.60. The maximum Gasteiger partial charge on any atom is 0.416 e. The largest absolute Gasteiger partial charge is 0.489 e. The van der Waals surface area contributed by atoms with Crippen molar-refractivity contribution in [2.75, 3.05) is 11.9 Å². The minimum absolute atomic E-state index is 0.0704. The van der Waals surface area contributed by atoms with E-state index in [-0.39, 0.29) is 6.04 Å². The molecule has 1 aromatic carbocycles. The summed E-state index contributed by atoms with van der Waals surface area (Å²) in [7, 11) is 0. The Bertz CT molecular complexity index is 429. The summed E-state index contributed by atoms with van der Waals surface area (Å²) in [5.41, 5.74) is -0.218. The van der Waals surface area contributed by atoms with Crippen LogP contribution in [-0.4, -0.2) is 12.6 Å². The highest BCUT2D eigenvalue weighted by atomic mass is 19.4. The van der Waals surface area contributed by atoms with Gasteiger partial charge in [-0.3, -0.25) is 0 Å². The first-order chi connectivity index (χ1) is 8.36. The van der Waals surface area contributed by atoms with Gasteiger partial charge in [-0.2, -0.15) is 13.2 Å². The molecule has 1 aromatic rings. The molecule has 18 heavy (non-hydrogen) atoms. The molecule has 2 nitrogen and oxygen atoms in total. The zero-order valence-corrected chi connectivity index (χ0v) is 10.3. The fourth-order valence-corrected chi connectivity index (χ4v) is 2.09. The van der Waals surface area contributed by atoms with Gasteiger partial charge in [0.15, 0.2) is 0 Å². The number of hydrogen-bond donors (Lipinski definition) is 1. The molecule has 1 N–H and O–H groups in total. The van der Waals surface area contributed by atoms with Crippen LogP contribution in [0.4, 0.5) is 18.9 Å². The number of rotatable bonds is 2. The van der Waals surface area contributed by atoms with Crippen molar-refractivity contribution >= 4 is 5.69 Å². The predicted molar refractivity (Wildman–Crippen MR) is 63.8 cm³/mol. The lowest BCUT2D eigenvalue weighted by Gasteiger charge is -2.29. The molecule has 0 aromatic heterocycles. The Labute approximate surface area is 104 Å². The van der Waals surface area contributed by atoms with Gasteiger partial charge >= 0.3 is 6.18 Å². The van der Waals surface area contributed by atoms with Crippen LogP contribution in [0.2, 0.25) is 0 Å². The summed E-state index contributed by atoms with van der Waals surface area (Å²) in [6.45, 7) is 4.64. The minimum Gasteiger partial charge on any atom is -0.489 e. The molecule has 0 saturated carbocycles. The summed E-state index contributed by atoms with van der Waals surface area (Å²) in [5.74, 6) is 0.960. The summed E-state index contributed by atoms with van der Waals surface area (Å²) < 4.78 is 43.3. The number of halogens is 3. The molecule has 1 heterocycles. The van der Waals surface area contributed by atoms with Crippen molar-refractivity contribution in [1.29, 1.82) is 0 Å². The van der Waals surface area contributed by atoms with E-state index < -0.39 is 11.7 Å². The Morgan fingerprint density at radius 3 is 2.72 bits per heavy atom. The second-order valence-corrected chi connectivity index (χ2v) is 4.99. The van der Waals surface area contributed by atoms with Crippen LogP contribution in [0.1, 0.15) is 25.8 Å². The van der Waals surface area contributed by atoms with Gasteiger partial charge in [0.25, 0.3) is 0 Å². The van der Waals surface area contributed by atoms with E-state index in [9.17, 15) is 13.2 Å². The Kier molecular flexibility index (Phi) is 3.41. The molecule has 1 aliphatic heterocycles. The van der Waals surface area contributed by atoms with E-state index in [0.29, 0.717) is 24.0 Å². The van der Waals surface area contributed by atoms with E-state index in [1.165, 1.54) is 6.07 Å². The highest BCUT2D eigenvalue weighted by Gasteiger charge is 2.32. The van der Waals surface area contributed by atoms with Gasteiger partial charge in [-0.25, -0.2) is 0 Å². The monoisotopic (exact) mass is 259 g/mol. The highest BCUT2D eigenvalue weighted by Crippen LogP contribution is 2.37. The molecule has 0 amide bonds. The average molecular weight is 259 g/mol. The van der Waals surface area contributed by atoms with Gasteiger partial charge in [0, 0.05) is 0 Å². The van der Waals surface area contributed by atoms with Crippen LogP contribution in [0.25, 0.3) is 0 Å². The molecule has 2 rings (SSSR count). The van der Waals surface area contributed by atoms with Crippen LogP contribution in [0, 0.1) is 5.92 Å². The Morgan fingerprint density at radius 2 is 2.11 bits per heavy atom. The van der Waals surface area contributed by atoms with E-state index in [4.69, 9.17) is 4.74 Å². The number of nitrogens with one attached hydrogen (secondary N) is 1. The summed E-state index contributed by atoms with van der Waals surface area (Å²) in [4.78, 5) is 0. The molecule has 0 radical (unpaired) electrons. The van der Waals surface area contributed by atoms with Crippen molar-refractivity contribution in [1.82, 2.24) is 0 Å². The second kappa shape index (κ2) is 4.71. The van der Waals surface area contributed by atoms with Crippen LogP contribution >= 0.6 is 0 Å². The molecule has 0 fully saturated rings. The van der Waals surface area contributed by atoms with Gasteiger partial charge in [0.1, 0.15) is 12.4 Å². The predicted octanol–water partition coefficient (Wildman–Crippen LogP) is 3.92. The van der Waals surface area contributed by atoms with E-state index in [0.717, 1.165) is 18.6 Å². The molecule has 0 aliphatic carbocycles. The van der Waals surface area contributed by atoms with Crippen LogP contribution in [0.3, 0.4) is 0 Å². The first-order valence-corrected chi connectivity index (χ1v) is 5.97. The van der Waals surface area contributed by atoms with Gasteiger partial charge in [-0.05, 0) is 30.5 Å². The van der Waals surface area contributed by atoms with Gasteiger partial charge in [0.05, 0.1) is 17.3 Å². The first-order valence-electron chi connectivity index (χ1n) is 5.97. The number of anilines is 1. The molecule has 100 valence electrons. The summed E-state index contributed by atoms with van der Waals surface area (Å²) in [6.07, 6.45) is -3.45. The lowest BCUT2D eigenvalue weighted by Crippen LogP contribution is -2.32. The lowest BCUT2D eigenvalue weighted by molar-refractivity contribution is -0.137. The zero-order chi connectivity index (χ0) is 13.3. The number of ether oxygens (including phenoxy) is 1. The average Bonchev–Trinajstić information content (AvgIpc) is 2.26. The molecule has 1 atom stereocenters. The van der Waals surface area contributed by atoms with E-state index in [2.05, 4.69) is 19.2 Å². The van der Waals surface area contributed by atoms with Gasteiger partial charge in [-0.15, -0.1) is 0 Å². The standard InChI is InChI=1S/C13H16F3NO/c1-8(2)5-10-7-18-12-4-3-9(13(14,15)16)6-11(12)17-10/h3-4,6,8,10,17H,5,7H2,1-2H3. The molecule has 5 heteroatoms. The fraction of sp³-hybridized carbons (Fsp3) is 0.538. The van der Waals surface area contributed by atoms with Gasteiger partial charge in [-0.1, -0.05) is 13.8 Å². The van der Waals surface area contributed by atoms with Crippen molar-refractivity contribution in [3.63, 3.8) is 0 Å². The topological polar surface area (TPSA) is 21.3 Å². The minimum atomic E-state index is -4.32. The van der Waals surface area contributed by atoms with Crippen LogP contribution in [0.15, 0.2) is 18.2 Å². The van der Waals surface area contributed by atoms with Gasteiger partial charge < -0.3 is 10.1 Å². The first kappa shape index (κ1) is 13.1. The quantitative estimate of drug-likeness (QED) is 0.869. The van der Waals surface area contributed by atoms with Crippen LogP contribution < -0.4 is 10.1 Å². The number of fused-ring (bicyclic) bond motifs is 1. The SMILES string of the molecule is CC(C)CC1COc2ccc(C(F)(F)F)cc2N1. The lowest BCUT2D eigenvalue weighted by atomic mass is 10.0. The molecule has 1 unspecified atom stereocenters.